The topological polar surface area (TPSA) is 9.23 Å². The molecule has 0 atom stereocenters. The molecule has 3 rings (SSSR count). The normalized spacial score (nSPS) is 18.1. The first-order chi connectivity index (χ1) is 15.8. The third-order valence-corrected chi connectivity index (χ3v) is 6.82. The van der Waals surface area contributed by atoms with E-state index in [1.165, 1.54) is 81.8 Å². The molecule has 0 amide bonds. The summed E-state index contributed by atoms with van der Waals surface area (Å²) in [6.07, 6.45) is 15.9. The maximum Gasteiger partial charge on any atom is 0.119 e. The van der Waals surface area contributed by atoms with Crippen molar-refractivity contribution in [3.63, 3.8) is 0 Å². The lowest BCUT2D eigenvalue weighted by Gasteiger charge is -2.25. The minimum Gasteiger partial charge on any atom is -0.494 e. The van der Waals surface area contributed by atoms with Crippen LogP contribution in [0.25, 0.3) is 11.1 Å². The molecule has 0 unspecified atom stereocenters. The summed E-state index contributed by atoms with van der Waals surface area (Å²) < 4.78 is 5.82. The highest BCUT2D eigenvalue weighted by Gasteiger charge is 2.19. The van der Waals surface area contributed by atoms with Crippen molar-refractivity contribution in [3.05, 3.63) is 54.1 Å². The van der Waals surface area contributed by atoms with Crippen molar-refractivity contribution in [2.45, 2.75) is 90.9 Å². The fourth-order valence-electron chi connectivity index (χ4n) is 4.67. The van der Waals surface area contributed by atoms with Crippen LogP contribution in [0.2, 0.25) is 0 Å². The summed E-state index contributed by atoms with van der Waals surface area (Å²) in [5.74, 6) is 9.51. The van der Waals surface area contributed by atoms with Crippen LogP contribution in [0.3, 0.4) is 0 Å². The fourth-order valence-corrected chi connectivity index (χ4v) is 4.67. The van der Waals surface area contributed by atoms with Crippen molar-refractivity contribution >= 4 is 0 Å². The van der Waals surface area contributed by atoms with E-state index in [-0.39, 0.29) is 0 Å². The number of benzene rings is 2. The van der Waals surface area contributed by atoms with Gasteiger partial charge in [0.25, 0.3) is 0 Å². The summed E-state index contributed by atoms with van der Waals surface area (Å²) in [7, 11) is 0. The summed E-state index contributed by atoms with van der Waals surface area (Å²) in [5, 5.41) is 0. The van der Waals surface area contributed by atoms with Gasteiger partial charge in [0.05, 0.1) is 6.61 Å². The highest BCUT2D eigenvalue weighted by molar-refractivity contribution is 5.65. The van der Waals surface area contributed by atoms with Crippen molar-refractivity contribution in [1.29, 1.82) is 0 Å². The van der Waals surface area contributed by atoms with Gasteiger partial charge in [0.1, 0.15) is 5.75 Å². The van der Waals surface area contributed by atoms with E-state index < -0.39 is 0 Å². The highest BCUT2D eigenvalue weighted by Crippen LogP contribution is 2.32. The van der Waals surface area contributed by atoms with Crippen LogP contribution in [-0.2, 0) is 0 Å². The molecule has 1 fully saturated rings. The van der Waals surface area contributed by atoms with Gasteiger partial charge < -0.3 is 4.74 Å². The van der Waals surface area contributed by atoms with Crippen molar-refractivity contribution in [2.75, 3.05) is 6.61 Å². The molecule has 0 N–H and O–H groups in total. The van der Waals surface area contributed by atoms with Gasteiger partial charge in [-0.25, -0.2) is 0 Å². The lowest BCUT2D eigenvalue weighted by molar-refractivity contribution is 0.294. The number of ether oxygens (including phenoxy) is 1. The van der Waals surface area contributed by atoms with Gasteiger partial charge >= 0.3 is 0 Å². The van der Waals surface area contributed by atoms with Crippen molar-refractivity contribution in [1.82, 2.24) is 0 Å². The van der Waals surface area contributed by atoms with Gasteiger partial charge in [-0.05, 0) is 73.4 Å². The zero-order valence-corrected chi connectivity index (χ0v) is 20.4. The maximum absolute atomic E-state index is 5.82. The van der Waals surface area contributed by atoms with E-state index in [1.807, 2.05) is 0 Å². The Balaban J connectivity index is 1.44. The average molecular weight is 431 g/mol. The lowest BCUT2D eigenvalue weighted by atomic mass is 9.80. The van der Waals surface area contributed by atoms with Crippen LogP contribution in [0.1, 0.15) is 96.5 Å². The molecule has 1 aliphatic carbocycles. The molecule has 0 aliphatic heterocycles. The van der Waals surface area contributed by atoms with E-state index in [1.54, 1.807) is 0 Å². The number of rotatable bonds is 11. The smallest absolute Gasteiger partial charge is 0.119 e. The molecule has 0 bridgehead atoms. The van der Waals surface area contributed by atoms with Crippen LogP contribution in [0, 0.1) is 23.7 Å². The third kappa shape index (κ3) is 8.38. The van der Waals surface area contributed by atoms with E-state index in [2.05, 4.69) is 74.2 Å². The summed E-state index contributed by atoms with van der Waals surface area (Å²) >= 11 is 0. The zero-order valence-electron chi connectivity index (χ0n) is 20.4. The van der Waals surface area contributed by atoms with Gasteiger partial charge in [-0.15, -0.1) is 0 Å². The van der Waals surface area contributed by atoms with Crippen LogP contribution < -0.4 is 4.74 Å². The zero-order chi connectivity index (χ0) is 22.4. The van der Waals surface area contributed by atoms with Crippen molar-refractivity contribution < 1.29 is 4.74 Å². The maximum atomic E-state index is 5.82. The molecule has 0 heterocycles. The van der Waals surface area contributed by atoms with Gasteiger partial charge in [0.2, 0.25) is 0 Å². The molecular formula is C31H42O. The van der Waals surface area contributed by atoms with E-state index in [4.69, 9.17) is 4.74 Å². The summed E-state index contributed by atoms with van der Waals surface area (Å²) in [4.78, 5) is 0. The molecular weight excluding hydrogens is 388 g/mol. The molecule has 0 saturated heterocycles. The number of hydrogen-bond acceptors (Lipinski definition) is 1. The molecule has 32 heavy (non-hydrogen) atoms. The first-order valence-electron chi connectivity index (χ1n) is 13.1. The van der Waals surface area contributed by atoms with Crippen LogP contribution in [-0.4, -0.2) is 6.61 Å². The first kappa shape index (κ1) is 24.4. The Hall–Kier alpha value is -2.20. The fraction of sp³-hybridized carbons (Fsp3) is 0.548. The largest absolute Gasteiger partial charge is 0.494 e. The van der Waals surface area contributed by atoms with E-state index >= 15 is 0 Å². The predicted octanol–water partition coefficient (Wildman–Crippen LogP) is 9.05. The Kier molecular flexibility index (Phi) is 10.7. The van der Waals surface area contributed by atoms with Crippen LogP contribution in [0.4, 0.5) is 0 Å². The Morgan fingerprint density at radius 2 is 1.34 bits per heavy atom. The minimum atomic E-state index is 0.589. The second kappa shape index (κ2) is 14.1. The molecule has 0 aromatic heterocycles. The highest BCUT2D eigenvalue weighted by atomic mass is 16.5. The monoisotopic (exact) mass is 430 g/mol. The Morgan fingerprint density at radius 1 is 0.719 bits per heavy atom. The van der Waals surface area contributed by atoms with Gasteiger partial charge in [-0.2, -0.15) is 0 Å². The quantitative estimate of drug-likeness (QED) is 0.255. The van der Waals surface area contributed by atoms with E-state index in [9.17, 15) is 0 Å². The minimum absolute atomic E-state index is 0.589. The van der Waals surface area contributed by atoms with Gasteiger partial charge in [-0.3, -0.25) is 0 Å². The van der Waals surface area contributed by atoms with Crippen molar-refractivity contribution in [2.24, 2.45) is 11.8 Å². The number of unbranched alkanes of at least 4 members (excludes halogenated alkanes) is 5. The molecule has 1 saturated carbocycles. The van der Waals surface area contributed by atoms with Gasteiger partial charge in [0.15, 0.2) is 0 Å². The van der Waals surface area contributed by atoms with E-state index in [0.29, 0.717) is 5.92 Å². The lowest BCUT2D eigenvalue weighted by Crippen LogP contribution is -2.13. The molecule has 1 aliphatic rings. The van der Waals surface area contributed by atoms with Crippen LogP contribution >= 0.6 is 0 Å². The number of hydrogen-bond donors (Lipinski definition) is 0. The molecule has 0 radical (unpaired) electrons. The molecule has 1 heteroatoms. The third-order valence-electron chi connectivity index (χ3n) is 6.82. The van der Waals surface area contributed by atoms with Gasteiger partial charge in [0, 0.05) is 11.5 Å². The average Bonchev–Trinajstić information content (AvgIpc) is 2.85. The van der Waals surface area contributed by atoms with Gasteiger partial charge in [-0.1, -0.05) is 94.9 Å². The summed E-state index contributed by atoms with van der Waals surface area (Å²) in [6, 6.07) is 17.2. The molecule has 2 aromatic rings. The predicted molar refractivity (Wildman–Crippen MR) is 138 cm³/mol. The molecule has 0 spiro atoms. The Bertz CT molecular complexity index is 814. The van der Waals surface area contributed by atoms with Crippen molar-refractivity contribution in [3.8, 4) is 28.7 Å². The second-order valence-electron chi connectivity index (χ2n) is 9.49. The molecule has 172 valence electrons. The van der Waals surface area contributed by atoms with Crippen LogP contribution in [0.15, 0.2) is 48.5 Å². The van der Waals surface area contributed by atoms with Crippen LogP contribution in [0.5, 0.6) is 5.75 Å². The second-order valence-corrected chi connectivity index (χ2v) is 9.49. The summed E-state index contributed by atoms with van der Waals surface area (Å²) in [5.41, 5.74) is 3.59. The molecule has 1 nitrogen and oxygen atoms in total. The summed E-state index contributed by atoms with van der Waals surface area (Å²) in [6.45, 7) is 5.31. The Labute approximate surface area is 197 Å². The van der Waals surface area contributed by atoms with E-state index in [0.717, 1.165) is 30.3 Å². The standard InChI is InChI=1S/C31H42O/c1-3-5-7-8-10-26-11-13-27(14-12-26)15-16-28-17-19-29(20-18-28)30-21-23-31(24-22-30)32-25-9-6-4-2/h17-24,26-27H,3-14,25H2,1-2H3. The first-order valence-corrected chi connectivity index (χ1v) is 13.1. The Morgan fingerprint density at radius 3 is 2.00 bits per heavy atom. The SMILES string of the molecule is CCCCCCC1CCC(C#Cc2ccc(-c3ccc(OCCCCC)cc3)cc2)CC1. The molecule has 2 aromatic carbocycles.